The van der Waals surface area contributed by atoms with Crippen LogP contribution in [0.25, 0.3) is 0 Å². The SMILES string of the molecule is [2H]CC(=O)OC[C@H]1OC(N2C=C(N)SC2)[C@H](OC(=O)C[2H])[C@@H]1OC(=O)C[2H]. The molecule has 0 aromatic rings. The Hall–Kier alpha value is -1.94. The lowest BCUT2D eigenvalue weighted by Crippen LogP contribution is -2.45. The van der Waals surface area contributed by atoms with Gasteiger partial charge in [0.2, 0.25) is 0 Å². The highest BCUT2D eigenvalue weighted by atomic mass is 32.2. The Balaban J connectivity index is 2.24. The quantitative estimate of drug-likeness (QED) is 0.524. The predicted molar refractivity (Wildman–Crippen MR) is 83.0 cm³/mol. The Kier molecular flexibility index (Phi) is 4.65. The molecule has 2 heterocycles. The maximum absolute atomic E-state index is 11.7. The maximum atomic E-state index is 11.7. The van der Waals surface area contributed by atoms with E-state index in [9.17, 15) is 14.4 Å². The highest BCUT2D eigenvalue weighted by Gasteiger charge is 2.52. The van der Waals surface area contributed by atoms with Crippen LogP contribution in [0.1, 0.15) is 24.8 Å². The number of esters is 3. The molecule has 0 aromatic heterocycles. The van der Waals surface area contributed by atoms with Gasteiger partial charge in [-0.05, 0) is 0 Å². The lowest BCUT2D eigenvalue weighted by atomic mass is 10.1. The first-order valence-corrected chi connectivity index (χ1v) is 7.81. The van der Waals surface area contributed by atoms with Gasteiger partial charge in [-0.2, -0.15) is 0 Å². The van der Waals surface area contributed by atoms with Gasteiger partial charge in [0.1, 0.15) is 12.7 Å². The Bertz CT molecular complexity index is 609. The van der Waals surface area contributed by atoms with E-state index < -0.39 is 63.1 Å². The van der Waals surface area contributed by atoms with Gasteiger partial charge in [0.25, 0.3) is 0 Å². The van der Waals surface area contributed by atoms with Crippen molar-refractivity contribution >= 4 is 29.7 Å². The first kappa shape index (κ1) is 14.4. The van der Waals surface area contributed by atoms with Gasteiger partial charge in [-0.1, -0.05) is 11.8 Å². The number of nitrogens with two attached hydrogens (primary N) is 1. The Morgan fingerprint density at radius 1 is 1.29 bits per heavy atom. The standard InChI is InChI=1S/C14H20N2O7S/c1-7(17)20-5-10-12(21-8(2)18)13(22-9(3)19)14(23-10)16-4-11(15)24-6-16/h4,10,12-14H,5-6,15H2,1-3H3/t10-,12-,13-,14?/m1/s1/i1D,2D,3D. The minimum absolute atomic E-state index is 0.334. The van der Waals surface area contributed by atoms with Gasteiger partial charge < -0.3 is 29.6 Å². The van der Waals surface area contributed by atoms with Gasteiger partial charge in [0.15, 0.2) is 18.4 Å². The summed E-state index contributed by atoms with van der Waals surface area (Å²) in [6, 6.07) is 0. The summed E-state index contributed by atoms with van der Waals surface area (Å²) < 4.78 is 42.4. The van der Waals surface area contributed by atoms with E-state index in [1.54, 1.807) is 11.1 Å². The molecule has 1 saturated heterocycles. The van der Waals surface area contributed by atoms with Gasteiger partial charge in [-0.25, -0.2) is 0 Å². The Labute approximate surface area is 147 Å². The molecular weight excluding hydrogens is 340 g/mol. The van der Waals surface area contributed by atoms with Crippen molar-refractivity contribution in [3.8, 4) is 0 Å². The number of nitrogens with zero attached hydrogens (tertiary/aromatic N) is 1. The topological polar surface area (TPSA) is 117 Å². The van der Waals surface area contributed by atoms with Gasteiger partial charge in [0.05, 0.1) is 10.9 Å². The van der Waals surface area contributed by atoms with Gasteiger partial charge >= 0.3 is 17.9 Å². The van der Waals surface area contributed by atoms with E-state index in [2.05, 4.69) is 0 Å². The minimum Gasteiger partial charge on any atom is -0.463 e. The molecule has 1 unspecified atom stereocenters. The van der Waals surface area contributed by atoms with Gasteiger partial charge in [-0.3, -0.25) is 14.4 Å². The minimum atomic E-state index is -1.15. The molecule has 24 heavy (non-hydrogen) atoms. The number of ether oxygens (including phenoxy) is 4. The zero-order chi connectivity index (χ0) is 20.0. The third-order valence-corrected chi connectivity index (χ3v) is 4.10. The summed E-state index contributed by atoms with van der Waals surface area (Å²) in [6.07, 6.45) is -2.55. The van der Waals surface area contributed by atoms with Crippen LogP contribution < -0.4 is 5.73 Å². The van der Waals surface area contributed by atoms with Crippen molar-refractivity contribution in [1.82, 2.24) is 4.90 Å². The summed E-state index contributed by atoms with van der Waals surface area (Å²) in [7, 11) is 0. The molecule has 4 atom stereocenters. The van der Waals surface area contributed by atoms with Crippen LogP contribution in [0.15, 0.2) is 11.2 Å². The normalized spacial score (nSPS) is 30.8. The average Bonchev–Trinajstić information content (AvgIpc) is 3.23. The van der Waals surface area contributed by atoms with Crippen LogP contribution in [0.4, 0.5) is 0 Å². The van der Waals surface area contributed by atoms with Crippen LogP contribution in [0.3, 0.4) is 0 Å². The van der Waals surface area contributed by atoms with E-state index in [1.165, 1.54) is 11.8 Å². The Morgan fingerprint density at radius 3 is 2.54 bits per heavy atom. The first-order valence-electron chi connectivity index (χ1n) is 8.95. The third kappa shape index (κ3) is 4.54. The monoisotopic (exact) mass is 363 g/mol. The van der Waals surface area contributed by atoms with Crippen molar-refractivity contribution in [1.29, 1.82) is 0 Å². The Morgan fingerprint density at radius 2 is 1.96 bits per heavy atom. The molecule has 2 rings (SSSR count). The second kappa shape index (κ2) is 7.75. The van der Waals surface area contributed by atoms with E-state index >= 15 is 0 Å². The molecule has 2 N–H and O–H groups in total. The fourth-order valence-corrected chi connectivity index (χ4v) is 3.12. The molecule has 2 aliphatic rings. The second-order valence-electron chi connectivity index (χ2n) is 4.98. The van der Waals surface area contributed by atoms with Crippen LogP contribution in [0, 0.1) is 0 Å². The lowest BCUT2D eigenvalue weighted by molar-refractivity contribution is -0.167. The lowest BCUT2D eigenvalue weighted by Gasteiger charge is -2.28. The molecule has 10 heteroatoms. The van der Waals surface area contributed by atoms with E-state index in [1.807, 2.05) is 0 Å². The predicted octanol–water partition coefficient (Wildman–Crippen LogP) is -0.0983. The van der Waals surface area contributed by atoms with Crippen molar-refractivity contribution in [2.24, 2.45) is 5.73 Å². The molecule has 9 nitrogen and oxygen atoms in total. The number of carbonyl (C=O) groups is 3. The van der Waals surface area contributed by atoms with Crippen LogP contribution in [-0.2, 0) is 33.3 Å². The fraction of sp³-hybridized carbons (Fsp3) is 0.643. The van der Waals surface area contributed by atoms with Crippen LogP contribution in [0.2, 0.25) is 0 Å². The summed E-state index contributed by atoms with van der Waals surface area (Å²) in [4.78, 5) is 36.3. The molecule has 0 aliphatic carbocycles. The summed E-state index contributed by atoms with van der Waals surface area (Å²) in [5.41, 5.74) is 5.74. The molecule has 2 aliphatic heterocycles. The smallest absolute Gasteiger partial charge is 0.303 e. The first-order chi connectivity index (χ1) is 12.9. The second-order valence-corrected chi connectivity index (χ2v) is 5.99. The summed E-state index contributed by atoms with van der Waals surface area (Å²) in [5, 5.41) is 0.507. The van der Waals surface area contributed by atoms with Gasteiger partial charge in [0, 0.05) is 31.0 Å². The van der Waals surface area contributed by atoms with E-state index in [-0.39, 0.29) is 6.61 Å². The van der Waals surface area contributed by atoms with E-state index in [4.69, 9.17) is 28.8 Å². The molecule has 0 aromatic carbocycles. The zero-order valence-electron chi connectivity index (χ0n) is 15.7. The van der Waals surface area contributed by atoms with Crippen molar-refractivity contribution < 1.29 is 37.4 Å². The van der Waals surface area contributed by atoms with Gasteiger partial charge in [-0.15, -0.1) is 0 Å². The zero-order valence-corrected chi connectivity index (χ0v) is 13.5. The summed E-state index contributed by atoms with van der Waals surface area (Å²) in [6.45, 7) is -2.23. The largest absolute Gasteiger partial charge is 0.463 e. The fourth-order valence-electron chi connectivity index (χ4n) is 2.39. The number of hydrogen-bond acceptors (Lipinski definition) is 10. The van der Waals surface area contributed by atoms with Crippen molar-refractivity contribution in [2.75, 3.05) is 12.5 Å². The number of rotatable bonds is 5. The molecule has 0 amide bonds. The molecule has 0 saturated carbocycles. The van der Waals surface area contributed by atoms with Crippen LogP contribution >= 0.6 is 11.8 Å². The van der Waals surface area contributed by atoms with E-state index in [0.717, 1.165) is 0 Å². The molecule has 0 spiro atoms. The van der Waals surface area contributed by atoms with Crippen molar-refractivity contribution in [2.45, 2.75) is 45.2 Å². The summed E-state index contributed by atoms with van der Waals surface area (Å²) in [5.74, 6) is -2.14. The molecule has 1 fully saturated rings. The highest BCUT2D eigenvalue weighted by Crippen LogP contribution is 2.34. The van der Waals surface area contributed by atoms with Crippen LogP contribution in [-0.4, -0.2) is 59.8 Å². The van der Waals surface area contributed by atoms with Crippen LogP contribution in [0.5, 0.6) is 0 Å². The maximum Gasteiger partial charge on any atom is 0.303 e. The molecule has 0 bridgehead atoms. The molecule has 134 valence electrons. The van der Waals surface area contributed by atoms with Crippen molar-refractivity contribution in [3.05, 3.63) is 11.2 Å². The summed E-state index contributed by atoms with van der Waals surface area (Å²) >= 11 is 1.32. The van der Waals surface area contributed by atoms with E-state index in [0.29, 0.717) is 10.9 Å². The number of carbonyl (C=O) groups excluding carboxylic acids is 3. The molecule has 0 radical (unpaired) electrons. The average molecular weight is 363 g/mol. The highest BCUT2D eigenvalue weighted by molar-refractivity contribution is 8.03. The molecular formula is C14H20N2O7S. The number of thioether (sulfide) groups is 1. The van der Waals surface area contributed by atoms with Crippen molar-refractivity contribution in [3.63, 3.8) is 0 Å². The number of hydrogen-bond donors (Lipinski definition) is 1. The third-order valence-electron chi connectivity index (χ3n) is 3.23.